The Balaban J connectivity index is 2.10. The average molecular weight is 240 g/mol. The van der Waals surface area contributed by atoms with Crippen LogP contribution in [0.1, 0.15) is 10.4 Å². The summed E-state index contributed by atoms with van der Waals surface area (Å²) in [6.45, 7) is 0.402. The summed E-state index contributed by atoms with van der Waals surface area (Å²) in [7, 11) is 0. The minimum atomic E-state index is -0.0676. The molecule has 2 N–H and O–H groups in total. The molecule has 0 radical (unpaired) electrons. The molecule has 0 saturated carbocycles. The van der Waals surface area contributed by atoms with E-state index in [-0.39, 0.29) is 11.7 Å². The maximum absolute atomic E-state index is 11.7. The first-order chi connectivity index (χ1) is 8.75. The number of nitrogens with one attached hydrogen (secondary N) is 1. The van der Waals surface area contributed by atoms with Crippen molar-refractivity contribution in [2.45, 2.75) is 0 Å². The summed E-state index contributed by atoms with van der Waals surface area (Å²) in [5, 5.41) is 12.3. The van der Waals surface area contributed by atoms with Gasteiger partial charge in [0.1, 0.15) is 5.75 Å². The van der Waals surface area contributed by atoms with Crippen molar-refractivity contribution in [2.24, 2.45) is 0 Å². The SMILES string of the molecule is O=C1NCN(c2cccc(O)c2)c2ccccc21. The van der Waals surface area contributed by atoms with Crippen molar-refractivity contribution in [1.82, 2.24) is 5.32 Å². The van der Waals surface area contributed by atoms with E-state index in [0.717, 1.165) is 11.4 Å². The Labute approximate surface area is 104 Å². The number of hydrogen-bond acceptors (Lipinski definition) is 3. The van der Waals surface area contributed by atoms with Crippen molar-refractivity contribution in [1.29, 1.82) is 0 Å². The number of aromatic hydroxyl groups is 1. The first kappa shape index (κ1) is 10.7. The fourth-order valence-corrected chi connectivity index (χ4v) is 2.12. The number of amides is 1. The van der Waals surface area contributed by atoms with Crippen LogP contribution in [0.15, 0.2) is 48.5 Å². The quantitative estimate of drug-likeness (QED) is 0.803. The number of carbonyl (C=O) groups is 1. The topological polar surface area (TPSA) is 52.6 Å². The van der Waals surface area contributed by atoms with Gasteiger partial charge >= 0.3 is 0 Å². The molecule has 4 nitrogen and oxygen atoms in total. The van der Waals surface area contributed by atoms with Crippen molar-refractivity contribution in [3.8, 4) is 5.75 Å². The van der Waals surface area contributed by atoms with Gasteiger partial charge in [0, 0.05) is 11.8 Å². The van der Waals surface area contributed by atoms with E-state index >= 15 is 0 Å². The monoisotopic (exact) mass is 240 g/mol. The number of fused-ring (bicyclic) bond motifs is 1. The lowest BCUT2D eigenvalue weighted by Gasteiger charge is -2.31. The normalized spacial score (nSPS) is 14.0. The number of carbonyl (C=O) groups excluding carboxylic acids is 1. The smallest absolute Gasteiger partial charge is 0.254 e. The minimum Gasteiger partial charge on any atom is -0.508 e. The summed E-state index contributed by atoms with van der Waals surface area (Å²) in [4.78, 5) is 13.7. The summed E-state index contributed by atoms with van der Waals surface area (Å²) in [5.74, 6) is 0.142. The Morgan fingerprint density at radius 2 is 1.94 bits per heavy atom. The van der Waals surface area contributed by atoms with E-state index in [1.165, 1.54) is 0 Å². The summed E-state index contributed by atoms with van der Waals surface area (Å²) in [6, 6.07) is 14.4. The zero-order valence-electron chi connectivity index (χ0n) is 9.63. The number of hydrogen-bond donors (Lipinski definition) is 2. The predicted molar refractivity (Wildman–Crippen MR) is 69.0 cm³/mol. The molecule has 1 amide bonds. The highest BCUT2D eigenvalue weighted by Crippen LogP contribution is 2.31. The Morgan fingerprint density at radius 3 is 2.78 bits per heavy atom. The van der Waals surface area contributed by atoms with Gasteiger partial charge in [0.15, 0.2) is 0 Å². The predicted octanol–water partition coefficient (Wildman–Crippen LogP) is 2.23. The van der Waals surface area contributed by atoms with Gasteiger partial charge in [-0.05, 0) is 24.3 Å². The molecular formula is C14H12N2O2. The van der Waals surface area contributed by atoms with E-state index in [2.05, 4.69) is 5.32 Å². The van der Waals surface area contributed by atoms with Crippen molar-refractivity contribution in [3.63, 3.8) is 0 Å². The number of phenolic OH excluding ortho intramolecular Hbond substituents is 1. The van der Waals surface area contributed by atoms with Crippen molar-refractivity contribution in [2.75, 3.05) is 11.6 Å². The van der Waals surface area contributed by atoms with Gasteiger partial charge < -0.3 is 15.3 Å². The van der Waals surface area contributed by atoms with Crippen LogP contribution in [-0.4, -0.2) is 17.7 Å². The van der Waals surface area contributed by atoms with Gasteiger partial charge in [-0.15, -0.1) is 0 Å². The molecule has 90 valence electrons. The third kappa shape index (κ3) is 1.68. The third-order valence-corrected chi connectivity index (χ3v) is 2.98. The second kappa shape index (κ2) is 4.07. The van der Waals surface area contributed by atoms with Crippen molar-refractivity contribution >= 4 is 17.3 Å². The first-order valence-electron chi connectivity index (χ1n) is 5.69. The van der Waals surface area contributed by atoms with Gasteiger partial charge in [-0.25, -0.2) is 0 Å². The maximum Gasteiger partial charge on any atom is 0.254 e. The molecular weight excluding hydrogens is 228 g/mol. The fourth-order valence-electron chi connectivity index (χ4n) is 2.12. The van der Waals surface area contributed by atoms with E-state index in [1.807, 2.05) is 29.2 Å². The van der Waals surface area contributed by atoms with E-state index < -0.39 is 0 Å². The molecule has 1 aliphatic heterocycles. The number of phenols is 1. The number of para-hydroxylation sites is 1. The van der Waals surface area contributed by atoms with Crippen LogP contribution in [0.3, 0.4) is 0 Å². The summed E-state index contributed by atoms with van der Waals surface area (Å²) in [6.07, 6.45) is 0. The molecule has 0 unspecified atom stereocenters. The van der Waals surface area contributed by atoms with Crippen LogP contribution in [0.4, 0.5) is 11.4 Å². The van der Waals surface area contributed by atoms with E-state index in [4.69, 9.17) is 0 Å². The number of rotatable bonds is 1. The highest BCUT2D eigenvalue weighted by molar-refractivity contribution is 6.02. The van der Waals surface area contributed by atoms with E-state index in [1.54, 1.807) is 24.3 Å². The standard InChI is InChI=1S/C14H12N2O2/c17-11-5-3-4-10(8-11)16-9-15-14(18)12-6-1-2-7-13(12)16/h1-8,17H,9H2,(H,15,18). The van der Waals surface area contributed by atoms with Crippen LogP contribution in [0.5, 0.6) is 5.75 Å². The lowest BCUT2D eigenvalue weighted by Crippen LogP contribution is -2.40. The fraction of sp³-hybridized carbons (Fsp3) is 0.0714. The van der Waals surface area contributed by atoms with Crippen LogP contribution in [0.2, 0.25) is 0 Å². The Hall–Kier alpha value is -2.49. The zero-order chi connectivity index (χ0) is 12.5. The summed E-state index contributed by atoms with van der Waals surface area (Å²) >= 11 is 0. The van der Waals surface area contributed by atoms with E-state index in [0.29, 0.717) is 12.2 Å². The molecule has 1 heterocycles. The highest BCUT2D eigenvalue weighted by Gasteiger charge is 2.22. The molecule has 2 aromatic carbocycles. The molecule has 0 aromatic heterocycles. The summed E-state index contributed by atoms with van der Waals surface area (Å²) < 4.78 is 0. The molecule has 1 aliphatic rings. The second-order valence-corrected chi connectivity index (χ2v) is 4.13. The van der Waals surface area contributed by atoms with Crippen LogP contribution in [0.25, 0.3) is 0 Å². The molecule has 3 rings (SSSR count). The first-order valence-corrected chi connectivity index (χ1v) is 5.69. The summed E-state index contributed by atoms with van der Waals surface area (Å²) in [5.41, 5.74) is 2.35. The van der Waals surface area contributed by atoms with Crippen LogP contribution in [-0.2, 0) is 0 Å². The molecule has 0 spiro atoms. The van der Waals surface area contributed by atoms with Crippen molar-refractivity contribution < 1.29 is 9.90 Å². The average Bonchev–Trinajstić information content (AvgIpc) is 2.39. The van der Waals surface area contributed by atoms with Crippen molar-refractivity contribution in [3.05, 3.63) is 54.1 Å². The lowest BCUT2D eigenvalue weighted by atomic mass is 10.1. The van der Waals surface area contributed by atoms with Crippen LogP contribution < -0.4 is 10.2 Å². The molecule has 18 heavy (non-hydrogen) atoms. The molecule has 0 aliphatic carbocycles. The zero-order valence-corrected chi connectivity index (χ0v) is 9.63. The Morgan fingerprint density at radius 1 is 1.11 bits per heavy atom. The van der Waals surface area contributed by atoms with Gasteiger partial charge in [0.25, 0.3) is 5.91 Å². The Bertz CT molecular complexity index is 610. The Kier molecular flexibility index (Phi) is 2.41. The van der Waals surface area contributed by atoms with E-state index in [9.17, 15) is 9.90 Å². The van der Waals surface area contributed by atoms with Crippen LogP contribution in [0, 0.1) is 0 Å². The van der Waals surface area contributed by atoms with Gasteiger partial charge in [-0.2, -0.15) is 0 Å². The molecule has 0 bridgehead atoms. The molecule has 0 fully saturated rings. The number of nitrogens with zero attached hydrogens (tertiary/aromatic N) is 1. The minimum absolute atomic E-state index is 0.0676. The third-order valence-electron chi connectivity index (χ3n) is 2.98. The number of benzene rings is 2. The lowest BCUT2D eigenvalue weighted by molar-refractivity contribution is 0.0949. The largest absolute Gasteiger partial charge is 0.508 e. The second-order valence-electron chi connectivity index (χ2n) is 4.13. The molecule has 4 heteroatoms. The van der Waals surface area contributed by atoms with Crippen LogP contribution >= 0.6 is 0 Å². The maximum atomic E-state index is 11.7. The highest BCUT2D eigenvalue weighted by atomic mass is 16.3. The van der Waals surface area contributed by atoms with Gasteiger partial charge in [0.2, 0.25) is 0 Å². The molecule has 2 aromatic rings. The number of anilines is 2. The van der Waals surface area contributed by atoms with Gasteiger partial charge in [0.05, 0.1) is 17.9 Å². The molecule has 0 atom stereocenters. The molecule has 0 saturated heterocycles. The van der Waals surface area contributed by atoms with Gasteiger partial charge in [-0.1, -0.05) is 18.2 Å². The van der Waals surface area contributed by atoms with Gasteiger partial charge in [-0.3, -0.25) is 4.79 Å².